The van der Waals surface area contributed by atoms with Crippen LogP contribution in [0, 0.1) is 0 Å². The Hall–Kier alpha value is -2.49. The molecule has 0 saturated carbocycles. The number of nitrogens with zero attached hydrogens (tertiary/aromatic N) is 1. The minimum Gasteiger partial charge on any atom is -0.495 e. The lowest BCUT2D eigenvalue weighted by Crippen LogP contribution is -2.38. The number of hydrogen-bond donors (Lipinski definition) is 1. The lowest BCUT2D eigenvalue weighted by molar-refractivity contribution is 0.256. The molecule has 2 aromatic rings. The van der Waals surface area contributed by atoms with E-state index in [1.165, 1.54) is 5.56 Å². The van der Waals surface area contributed by atoms with Crippen molar-refractivity contribution < 1.29 is 9.53 Å². The lowest BCUT2D eigenvalue weighted by atomic mass is 10.0. The van der Waals surface area contributed by atoms with Crippen molar-refractivity contribution in [3.8, 4) is 5.75 Å². The van der Waals surface area contributed by atoms with Gasteiger partial charge in [-0.3, -0.25) is 4.90 Å². The van der Waals surface area contributed by atoms with Crippen LogP contribution < -0.4 is 15.0 Å². The third-order valence-corrected chi connectivity index (χ3v) is 3.70. The van der Waals surface area contributed by atoms with Gasteiger partial charge in [-0.25, -0.2) is 4.79 Å². The zero-order valence-corrected chi connectivity index (χ0v) is 12.0. The first kappa shape index (κ1) is 13.5. The van der Waals surface area contributed by atoms with E-state index in [0.717, 1.165) is 25.1 Å². The first-order valence-corrected chi connectivity index (χ1v) is 7.09. The standard InChI is InChI=1S/C17H18N2O2/c1-21-16-11-5-3-9-14(16)18-17(20)19-12-6-8-13-7-2-4-10-15(13)19/h2-5,7,9-11H,6,8,12H2,1H3,(H,18,20). The molecule has 1 aliphatic rings. The largest absolute Gasteiger partial charge is 0.495 e. The Kier molecular flexibility index (Phi) is 3.77. The lowest BCUT2D eigenvalue weighted by Gasteiger charge is -2.29. The Morgan fingerprint density at radius 3 is 2.76 bits per heavy atom. The molecule has 2 aromatic carbocycles. The van der Waals surface area contributed by atoms with Crippen LogP contribution in [0.5, 0.6) is 5.75 Å². The summed E-state index contributed by atoms with van der Waals surface area (Å²) in [5, 5.41) is 2.93. The number of carbonyl (C=O) groups excluding carboxylic acids is 1. The molecule has 1 N–H and O–H groups in total. The summed E-state index contributed by atoms with van der Waals surface area (Å²) in [5.41, 5.74) is 2.91. The van der Waals surface area contributed by atoms with Crippen LogP contribution in [-0.4, -0.2) is 19.7 Å². The molecule has 0 atom stereocenters. The van der Waals surface area contributed by atoms with Gasteiger partial charge in [-0.1, -0.05) is 30.3 Å². The van der Waals surface area contributed by atoms with Gasteiger partial charge < -0.3 is 10.1 Å². The number of rotatable bonds is 2. The number of aryl methyl sites for hydroxylation is 1. The Labute approximate surface area is 124 Å². The molecule has 1 heterocycles. The van der Waals surface area contributed by atoms with Crippen molar-refractivity contribution in [2.24, 2.45) is 0 Å². The summed E-state index contributed by atoms with van der Waals surface area (Å²) in [6.07, 6.45) is 2.00. The average Bonchev–Trinajstić information content (AvgIpc) is 2.54. The van der Waals surface area contributed by atoms with Crippen LogP contribution in [0.2, 0.25) is 0 Å². The number of fused-ring (bicyclic) bond motifs is 1. The van der Waals surface area contributed by atoms with Crippen molar-refractivity contribution in [2.45, 2.75) is 12.8 Å². The third kappa shape index (κ3) is 2.70. The van der Waals surface area contributed by atoms with Gasteiger partial charge >= 0.3 is 6.03 Å². The van der Waals surface area contributed by atoms with Crippen LogP contribution in [0.15, 0.2) is 48.5 Å². The van der Waals surface area contributed by atoms with E-state index in [4.69, 9.17) is 4.74 Å². The minimum absolute atomic E-state index is 0.119. The van der Waals surface area contributed by atoms with E-state index in [9.17, 15) is 4.79 Å². The zero-order chi connectivity index (χ0) is 14.7. The Bertz CT molecular complexity index is 655. The molecule has 0 bridgehead atoms. The molecule has 0 saturated heterocycles. The van der Waals surface area contributed by atoms with Crippen LogP contribution in [0.1, 0.15) is 12.0 Å². The number of carbonyl (C=O) groups is 1. The fourth-order valence-electron chi connectivity index (χ4n) is 2.68. The van der Waals surface area contributed by atoms with Gasteiger partial charge in [-0.05, 0) is 36.6 Å². The number of amides is 2. The van der Waals surface area contributed by atoms with Crippen molar-refractivity contribution >= 4 is 17.4 Å². The number of methoxy groups -OCH3 is 1. The summed E-state index contributed by atoms with van der Waals surface area (Å²) in [4.78, 5) is 14.4. The Morgan fingerprint density at radius 2 is 1.90 bits per heavy atom. The smallest absolute Gasteiger partial charge is 0.326 e. The van der Waals surface area contributed by atoms with E-state index >= 15 is 0 Å². The van der Waals surface area contributed by atoms with Crippen molar-refractivity contribution in [2.75, 3.05) is 23.9 Å². The molecule has 3 rings (SSSR count). The molecular formula is C17H18N2O2. The van der Waals surface area contributed by atoms with Crippen LogP contribution >= 0.6 is 0 Å². The fourth-order valence-corrected chi connectivity index (χ4v) is 2.68. The summed E-state index contributed by atoms with van der Waals surface area (Å²) in [5.74, 6) is 0.663. The maximum absolute atomic E-state index is 12.6. The number of urea groups is 1. The van der Waals surface area contributed by atoms with Crippen molar-refractivity contribution in [3.63, 3.8) is 0 Å². The quantitative estimate of drug-likeness (QED) is 0.913. The highest BCUT2D eigenvalue weighted by atomic mass is 16.5. The topological polar surface area (TPSA) is 41.6 Å². The fraction of sp³-hybridized carbons (Fsp3) is 0.235. The van der Waals surface area contributed by atoms with E-state index in [1.54, 1.807) is 12.0 Å². The molecule has 0 fully saturated rings. The van der Waals surface area contributed by atoms with Gasteiger partial charge in [0, 0.05) is 12.2 Å². The predicted molar refractivity (Wildman–Crippen MR) is 84.1 cm³/mol. The molecule has 2 amide bonds. The van der Waals surface area contributed by atoms with Crippen LogP contribution in [0.3, 0.4) is 0 Å². The van der Waals surface area contributed by atoms with Crippen molar-refractivity contribution in [1.82, 2.24) is 0 Å². The van der Waals surface area contributed by atoms with Gasteiger partial charge in [0.25, 0.3) is 0 Å². The van der Waals surface area contributed by atoms with E-state index < -0.39 is 0 Å². The number of anilines is 2. The first-order chi connectivity index (χ1) is 10.3. The Balaban J connectivity index is 1.84. The molecule has 108 valence electrons. The molecule has 0 aromatic heterocycles. The third-order valence-electron chi connectivity index (χ3n) is 3.70. The summed E-state index contributed by atoms with van der Waals surface area (Å²) in [6.45, 7) is 0.734. The molecule has 4 nitrogen and oxygen atoms in total. The maximum Gasteiger partial charge on any atom is 0.326 e. The summed E-state index contributed by atoms with van der Waals surface area (Å²) < 4.78 is 5.27. The monoisotopic (exact) mass is 282 g/mol. The number of benzene rings is 2. The summed E-state index contributed by atoms with van der Waals surface area (Å²) in [7, 11) is 1.60. The predicted octanol–water partition coefficient (Wildman–Crippen LogP) is 3.68. The molecule has 0 unspecified atom stereocenters. The SMILES string of the molecule is COc1ccccc1NC(=O)N1CCCc2ccccc21. The second-order valence-electron chi connectivity index (χ2n) is 5.01. The normalized spacial score (nSPS) is 13.5. The molecule has 0 aliphatic carbocycles. The summed E-state index contributed by atoms with van der Waals surface area (Å²) >= 11 is 0. The first-order valence-electron chi connectivity index (χ1n) is 7.09. The van der Waals surface area contributed by atoms with E-state index in [1.807, 2.05) is 42.5 Å². The number of ether oxygens (including phenoxy) is 1. The van der Waals surface area contributed by atoms with Gasteiger partial charge in [-0.15, -0.1) is 0 Å². The number of hydrogen-bond acceptors (Lipinski definition) is 2. The molecule has 21 heavy (non-hydrogen) atoms. The maximum atomic E-state index is 12.6. The minimum atomic E-state index is -0.119. The second-order valence-corrected chi connectivity index (χ2v) is 5.01. The molecule has 0 spiro atoms. The second kappa shape index (κ2) is 5.87. The van der Waals surface area contributed by atoms with Gasteiger partial charge in [0.1, 0.15) is 5.75 Å². The van der Waals surface area contributed by atoms with E-state index in [0.29, 0.717) is 11.4 Å². The number of nitrogens with one attached hydrogen (secondary N) is 1. The van der Waals surface area contributed by atoms with Gasteiger partial charge in [0.15, 0.2) is 0 Å². The van der Waals surface area contributed by atoms with Crippen LogP contribution in [0.4, 0.5) is 16.2 Å². The van der Waals surface area contributed by atoms with E-state index in [-0.39, 0.29) is 6.03 Å². The number of para-hydroxylation sites is 3. The highest BCUT2D eigenvalue weighted by Crippen LogP contribution is 2.29. The molecular weight excluding hydrogens is 264 g/mol. The molecule has 0 radical (unpaired) electrons. The van der Waals surface area contributed by atoms with E-state index in [2.05, 4.69) is 11.4 Å². The molecule has 4 heteroatoms. The highest BCUT2D eigenvalue weighted by molar-refractivity contribution is 6.03. The van der Waals surface area contributed by atoms with Gasteiger partial charge in [0.05, 0.1) is 12.8 Å². The van der Waals surface area contributed by atoms with Crippen LogP contribution in [-0.2, 0) is 6.42 Å². The average molecular weight is 282 g/mol. The molecule has 1 aliphatic heterocycles. The summed E-state index contributed by atoms with van der Waals surface area (Å²) in [6, 6.07) is 15.4. The van der Waals surface area contributed by atoms with Crippen molar-refractivity contribution in [3.05, 3.63) is 54.1 Å². The highest BCUT2D eigenvalue weighted by Gasteiger charge is 2.22. The Morgan fingerprint density at radius 1 is 1.14 bits per heavy atom. The van der Waals surface area contributed by atoms with Gasteiger partial charge in [0.2, 0.25) is 0 Å². The van der Waals surface area contributed by atoms with Crippen molar-refractivity contribution in [1.29, 1.82) is 0 Å². The zero-order valence-electron chi connectivity index (χ0n) is 12.0. The van der Waals surface area contributed by atoms with Crippen LogP contribution in [0.25, 0.3) is 0 Å². The van der Waals surface area contributed by atoms with Gasteiger partial charge in [-0.2, -0.15) is 0 Å².